The Morgan fingerprint density at radius 3 is 2.78 bits per heavy atom. The Bertz CT molecular complexity index is 430. The maximum atomic E-state index is 11.6. The predicted molar refractivity (Wildman–Crippen MR) is 72.5 cm³/mol. The van der Waals surface area contributed by atoms with Gasteiger partial charge in [-0.3, -0.25) is 4.79 Å². The van der Waals surface area contributed by atoms with Gasteiger partial charge in [0.15, 0.2) is 0 Å². The SMILES string of the molecule is CC(C)(C)NC(=O)CCNc1nc(N)ncc1Cl. The lowest BCUT2D eigenvalue weighted by Crippen LogP contribution is -2.41. The van der Waals surface area contributed by atoms with Crippen LogP contribution in [-0.2, 0) is 4.79 Å². The van der Waals surface area contributed by atoms with Crippen LogP contribution < -0.4 is 16.4 Å². The molecule has 0 aliphatic carbocycles. The molecule has 0 spiro atoms. The number of halogens is 1. The van der Waals surface area contributed by atoms with E-state index in [1.54, 1.807) is 0 Å². The summed E-state index contributed by atoms with van der Waals surface area (Å²) in [6.07, 6.45) is 1.75. The summed E-state index contributed by atoms with van der Waals surface area (Å²) in [7, 11) is 0. The van der Waals surface area contributed by atoms with Gasteiger partial charge in [0, 0.05) is 18.5 Å². The number of rotatable bonds is 4. The number of hydrogen-bond donors (Lipinski definition) is 3. The third-order valence-electron chi connectivity index (χ3n) is 1.92. The van der Waals surface area contributed by atoms with Gasteiger partial charge in [-0.05, 0) is 20.8 Å². The van der Waals surface area contributed by atoms with Gasteiger partial charge < -0.3 is 16.4 Å². The second kappa shape index (κ2) is 5.86. The van der Waals surface area contributed by atoms with E-state index in [-0.39, 0.29) is 17.4 Å². The molecule has 1 heterocycles. The molecule has 0 fully saturated rings. The smallest absolute Gasteiger partial charge is 0.222 e. The number of nitrogen functional groups attached to an aromatic ring is 1. The van der Waals surface area contributed by atoms with Crippen molar-refractivity contribution in [1.29, 1.82) is 0 Å². The van der Waals surface area contributed by atoms with Gasteiger partial charge in [0.05, 0.1) is 6.20 Å². The van der Waals surface area contributed by atoms with Crippen LogP contribution in [0.1, 0.15) is 27.2 Å². The van der Waals surface area contributed by atoms with Gasteiger partial charge in [-0.25, -0.2) is 4.98 Å². The molecule has 0 saturated heterocycles. The number of amides is 1. The van der Waals surface area contributed by atoms with E-state index in [0.717, 1.165) is 0 Å². The molecule has 100 valence electrons. The predicted octanol–water partition coefficient (Wildman–Crippen LogP) is 1.43. The summed E-state index contributed by atoms with van der Waals surface area (Å²) >= 11 is 5.87. The highest BCUT2D eigenvalue weighted by molar-refractivity contribution is 6.32. The molecule has 18 heavy (non-hydrogen) atoms. The molecular formula is C11H18ClN5O. The van der Waals surface area contributed by atoms with Gasteiger partial charge in [-0.2, -0.15) is 4.98 Å². The van der Waals surface area contributed by atoms with Crippen LogP contribution in [0.2, 0.25) is 5.02 Å². The lowest BCUT2D eigenvalue weighted by molar-refractivity contribution is -0.122. The van der Waals surface area contributed by atoms with Crippen molar-refractivity contribution in [2.45, 2.75) is 32.7 Å². The first kappa shape index (κ1) is 14.5. The number of hydrogen-bond acceptors (Lipinski definition) is 5. The number of aromatic nitrogens is 2. The summed E-state index contributed by atoms with van der Waals surface area (Å²) in [4.78, 5) is 19.2. The molecule has 6 nitrogen and oxygen atoms in total. The molecule has 0 aliphatic heterocycles. The third kappa shape index (κ3) is 5.18. The number of nitrogens with one attached hydrogen (secondary N) is 2. The van der Waals surface area contributed by atoms with Crippen LogP contribution in [0.15, 0.2) is 6.20 Å². The first-order chi connectivity index (χ1) is 8.28. The molecule has 0 unspecified atom stereocenters. The zero-order valence-corrected chi connectivity index (χ0v) is 11.5. The van der Waals surface area contributed by atoms with Crippen molar-refractivity contribution in [3.8, 4) is 0 Å². The molecule has 0 aliphatic rings. The van der Waals surface area contributed by atoms with E-state index < -0.39 is 0 Å². The molecule has 4 N–H and O–H groups in total. The molecular weight excluding hydrogens is 254 g/mol. The van der Waals surface area contributed by atoms with Crippen molar-refractivity contribution in [1.82, 2.24) is 15.3 Å². The summed E-state index contributed by atoms with van der Waals surface area (Å²) in [5.41, 5.74) is 5.21. The van der Waals surface area contributed by atoms with Gasteiger partial charge >= 0.3 is 0 Å². The summed E-state index contributed by atoms with van der Waals surface area (Å²) < 4.78 is 0. The fourth-order valence-electron chi connectivity index (χ4n) is 1.28. The lowest BCUT2D eigenvalue weighted by Gasteiger charge is -2.20. The van der Waals surface area contributed by atoms with Crippen LogP contribution >= 0.6 is 11.6 Å². The maximum absolute atomic E-state index is 11.6. The van der Waals surface area contributed by atoms with Gasteiger partial charge in [-0.1, -0.05) is 11.6 Å². The van der Waals surface area contributed by atoms with Crippen molar-refractivity contribution in [2.24, 2.45) is 0 Å². The Labute approximate surface area is 111 Å². The number of anilines is 2. The molecule has 0 aromatic carbocycles. The molecule has 1 amide bonds. The lowest BCUT2D eigenvalue weighted by atomic mass is 10.1. The molecule has 0 radical (unpaired) electrons. The molecule has 1 aromatic rings. The van der Waals surface area contributed by atoms with Gasteiger partial charge in [0.25, 0.3) is 0 Å². The fourth-order valence-corrected chi connectivity index (χ4v) is 1.44. The van der Waals surface area contributed by atoms with Crippen LogP contribution in [0.3, 0.4) is 0 Å². The van der Waals surface area contributed by atoms with Crippen molar-refractivity contribution >= 4 is 29.3 Å². The van der Waals surface area contributed by atoms with Gasteiger partial charge in [-0.15, -0.1) is 0 Å². The Kier molecular flexibility index (Phi) is 4.72. The topological polar surface area (TPSA) is 92.9 Å². The molecule has 0 bridgehead atoms. The van der Waals surface area contributed by atoms with Gasteiger partial charge in [0.1, 0.15) is 10.8 Å². The van der Waals surface area contributed by atoms with Gasteiger partial charge in [0.2, 0.25) is 11.9 Å². The zero-order chi connectivity index (χ0) is 13.8. The van der Waals surface area contributed by atoms with E-state index in [1.165, 1.54) is 6.20 Å². The summed E-state index contributed by atoms with van der Waals surface area (Å²) in [5, 5.41) is 6.18. The number of nitrogens with zero attached hydrogens (tertiary/aromatic N) is 2. The largest absolute Gasteiger partial charge is 0.368 e. The minimum atomic E-state index is -0.228. The van der Waals surface area contributed by atoms with E-state index in [0.29, 0.717) is 23.8 Å². The Morgan fingerprint density at radius 1 is 1.50 bits per heavy atom. The molecule has 0 atom stereocenters. The van der Waals surface area contributed by atoms with E-state index in [2.05, 4.69) is 20.6 Å². The first-order valence-electron chi connectivity index (χ1n) is 5.61. The summed E-state index contributed by atoms with van der Waals surface area (Å²) in [6.45, 7) is 6.22. The van der Waals surface area contributed by atoms with E-state index in [4.69, 9.17) is 17.3 Å². The number of nitrogens with two attached hydrogens (primary N) is 1. The van der Waals surface area contributed by atoms with Crippen molar-refractivity contribution in [3.05, 3.63) is 11.2 Å². The molecule has 1 aromatic heterocycles. The van der Waals surface area contributed by atoms with E-state index in [1.807, 2.05) is 20.8 Å². The maximum Gasteiger partial charge on any atom is 0.222 e. The quantitative estimate of drug-likeness (QED) is 0.770. The highest BCUT2D eigenvalue weighted by Crippen LogP contribution is 2.17. The first-order valence-corrected chi connectivity index (χ1v) is 5.98. The Hall–Kier alpha value is -1.56. The van der Waals surface area contributed by atoms with Crippen LogP contribution in [0.5, 0.6) is 0 Å². The average molecular weight is 272 g/mol. The van der Waals surface area contributed by atoms with Crippen LogP contribution in [0, 0.1) is 0 Å². The zero-order valence-electron chi connectivity index (χ0n) is 10.7. The highest BCUT2D eigenvalue weighted by Gasteiger charge is 2.13. The summed E-state index contributed by atoms with van der Waals surface area (Å²) in [6, 6.07) is 0. The monoisotopic (exact) mass is 271 g/mol. The Morgan fingerprint density at radius 2 is 2.17 bits per heavy atom. The normalized spacial score (nSPS) is 11.1. The number of carbonyl (C=O) groups excluding carboxylic acids is 1. The van der Waals surface area contributed by atoms with E-state index in [9.17, 15) is 4.79 Å². The molecule has 0 saturated carbocycles. The third-order valence-corrected chi connectivity index (χ3v) is 2.20. The standard InChI is InChI=1S/C11H18ClN5O/c1-11(2,3)17-8(18)4-5-14-9-7(12)6-15-10(13)16-9/h6H,4-5H2,1-3H3,(H,17,18)(H3,13,14,15,16). The molecule has 1 rings (SSSR count). The average Bonchev–Trinajstić information content (AvgIpc) is 2.20. The van der Waals surface area contributed by atoms with Crippen molar-refractivity contribution in [2.75, 3.05) is 17.6 Å². The van der Waals surface area contributed by atoms with Crippen molar-refractivity contribution in [3.63, 3.8) is 0 Å². The van der Waals surface area contributed by atoms with Crippen LogP contribution in [0.25, 0.3) is 0 Å². The fraction of sp³-hybridized carbons (Fsp3) is 0.545. The highest BCUT2D eigenvalue weighted by atomic mass is 35.5. The Balaban J connectivity index is 2.42. The van der Waals surface area contributed by atoms with Crippen molar-refractivity contribution < 1.29 is 4.79 Å². The number of carbonyl (C=O) groups is 1. The molecule has 7 heteroatoms. The minimum absolute atomic E-state index is 0.0341. The second-order valence-electron chi connectivity index (χ2n) is 4.90. The minimum Gasteiger partial charge on any atom is -0.368 e. The van der Waals surface area contributed by atoms with Crippen LogP contribution in [-0.4, -0.2) is 28.0 Å². The summed E-state index contributed by atoms with van der Waals surface area (Å²) in [5.74, 6) is 0.543. The van der Waals surface area contributed by atoms with Crippen LogP contribution in [0.4, 0.5) is 11.8 Å². The second-order valence-corrected chi connectivity index (χ2v) is 5.31. The van der Waals surface area contributed by atoms with E-state index >= 15 is 0 Å².